The summed E-state index contributed by atoms with van der Waals surface area (Å²) in [4.78, 5) is 14.4. The van der Waals surface area contributed by atoms with Crippen LogP contribution in [0.3, 0.4) is 0 Å². The van der Waals surface area contributed by atoms with Gasteiger partial charge in [0.2, 0.25) is 5.91 Å². The summed E-state index contributed by atoms with van der Waals surface area (Å²) in [5.41, 5.74) is 3.05. The maximum Gasteiger partial charge on any atom is 0.234 e. The summed E-state index contributed by atoms with van der Waals surface area (Å²) in [6.45, 7) is 0.792. The Balaban J connectivity index is 1.63. The van der Waals surface area contributed by atoms with Crippen LogP contribution in [0.1, 0.15) is 29.2 Å². The van der Waals surface area contributed by atoms with Gasteiger partial charge in [0.15, 0.2) is 0 Å². The average molecular weight is 336 g/mol. The van der Waals surface area contributed by atoms with Gasteiger partial charge in [-0.05, 0) is 30.0 Å². The Morgan fingerprint density at radius 2 is 2.00 bits per heavy atom. The van der Waals surface area contributed by atoms with Crippen molar-refractivity contribution in [3.8, 4) is 12.3 Å². The van der Waals surface area contributed by atoms with Gasteiger partial charge in [-0.15, -0.1) is 6.42 Å². The zero-order valence-corrected chi connectivity index (χ0v) is 14.0. The highest BCUT2D eigenvalue weighted by Gasteiger charge is 2.28. The van der Waals surface area contributed by atoms with E-state index >= 15 is 0 Å². The number of nitrogens with one attached hydrogen (secondary N) is 1. The van der Waals surface area contributed by atoms with Crippen LogP contribution < -0.4 is 5.32 Å². The molecular weight excluding hydrogens is 315 g/mol. The van der Waals surface area contributed by atoms with Gasteiger partial charge in [0.25, 0.3) is 0 Å². The summed E-state index contributed by atoms with van der Waals surface area (Å²) in [5, 5.41) is 2.79. The summed E-state index contributed by atoms with van der Waals surface area (Å²) in [7, 11) is 0. The second kappa shape index (κ2) is 7.96. The number of amides is 1. The van der Waals surface area contributed by atoms with E-state index in [9.17, 15) is 9.18 Å². The van der Waals surface area contributed by atoms with Crippen molar-refractivity contribution in [2.45, 2.75) is 25.4 Å². The highest BCUT2D eigenvalue weighted by Crippen LogP contribution is 2.35. The van der Waals surface area contributed by atoms with Gasteiger partial charge in [0.05, 0.1) is 13.1 Å². The Bertz CT molecular complexity index is 796. The van der Waals surface area contributed by atoms with Gasteiger partial charge in [-0.3, -0.25) is 9.69 Å². The Morgan fingerprint density at radius 3 is 2.80 bits per heavy atom. The van der Waals surface area contributed by atoms with Crippen LogP contribution in [0.15, 0.2) is 48.5 Å². The fourth-order valence-corrected chi connectivity index (χ4v) is 3.38. The number of hydrogen-bond donors (Lipinski definition) is 1. The van der Waals surface area contributed by atoms with Crippen LogP contribution in [-0.2, 0) is 17.8 Å². The van der Waals surface area contributed by atoms with Gasteiger partial charge in [-0.25, -0.2) is 4.39 Å². The third kappa shape index (κ3) is 4.07. The Labute approximate surface area is 147 Å². The minimum atomic E-state index is -0.312. The molecule has 1 N–H and O–H groups in total. The Morgan fingerprint density at radius 1 is 1.24 bits per heavy atom. The van der Waals surface area contributed by atoms with Crippen molar-refractivity contribution in [2.24, 2.45) is 0 Å². The lowest BCUT2D eigenvalue weighted by Gasteiger charge is -2.27. The number of benzene rings is 2. The van der Waals surface area contributed by atoms with Crippen molar-refractivity contribution in [1.82, 2.24) is 10.2 Å². The molecule has 0 saturated carbocycles. The molecule has 1 amide bonds. The topological polar surface area (TPSA) is 32.3 Å². The lowest BCUT2D eigenvalue weighted by Crippen LogP contribution is -2.39. The van der Waals surface area contributed by atoms with E-state index in [0.717, 1.165) is 12.8 Å². The molecule has 0 spiro atoms. The standard InChI is InChI=1S/C21H21FN2O/c1-2-13-24(20-12-11-16-7-3-5-9-18(16)20)15-21(25)23-14-17-8-4-6-10-19(17)22/h1,3-10,20H,11-15H2,(H,23,25). The highest BCUT2D eigenvalue weighted by molar-refractivity contribution is 5.78. The zero-order chi connectivity index (χ0) is 17.6. The fourth-order valence-electron chi connectivity index (χ4n) is 3.38. The van der Waals surface area contributed by atoms with Crippen LogP contribution in [-0.4, -0.2) is 23.9 Å². The molecule has 0 saturated heterocycles. The van der Waals surface area contributed by atoms with Crippen LogP contribution in [0.4, 0.5) is 4.39 Å². The summed E-state index contributed by atoms with van der Waals surface area (Å²) < 4.78 is 13.6. The minimum Gasteiger partial charge on any atom is -0.351 e. The van der Waals surface area contributed by atoms with Crippen molar-refractivity contribution in [3.05, 3.63) is 71.0 Å². The first-order chi connectivity index (χ1) is 12.2. The van der Waals surface area contributed by atoms with E-state index in [1.54, 1.807) is 18.2 Å². The molecule has 3 rings (SSSR count). The van der Waals surface area contributed by atoms with Crippen molar-refractivity contribution in [2.75, 3.05) is 13.1 Å². The van der Waals surface area contributed by atoms with Crippen molar-refractivity contribution in [1.29, 1.82) is 0 Å². The Hall–Kier alpha value is -2.64. The molecular formula is C21H21FN2O. The highest BCUT2D eigenvalue weighted by atomic mass is 19.1. The first-order valence-electron chi connectivity index (χ1n) is 8.44. The maximum atomic E-state index is 13.6. The van der Waals surface area contributed by atoms with Crippen LogP contribution in [0.5, 0.6) is 0 Å². The third-order valence-electron chi connectivity index (χ3n) is 4.62. The van der Waals surface area contributed by atoms with E-state index in [1.807, 2.05) is 17.0 Å². The van der Waals surface area contributed by atoms with Gasteiger partial charge < -0.3 is 5.32 Å². The van der Waals surface area contributed by atoms with E-state index < -0.39 is 0 Å². The number of carbonyl (C=O) groups excluding carboxylic acids is 1. The molecule has 4 heteroatoms. The lowest BCUT2D eigenvalue weighted by atomic mass is 10.1. The molecule has 3 nitrogen and oxygen atoms in total. The molecule has 1 aliphatic carbocycles. The summed E-state index contributed by atoms with van der Waals surface area (Å²) in [5.74, 6) is 2.19. The van der Waals surface area contributed by atoms with E-state index in [2.05, 4.69) is 23.4 Å². The van der Waals surface area contributed by atoms with E-state index in [4.69, 9.17) is 6.42 Å². The number of terminal acetylenes is 1. The fraction of sp³-hybridized carbons (Fsp3) is 0.286. The largest absolute Gasteiger partial charge is 0.351 e. The zero-order valence-electron chi connectivity index (χ0n) is 14.0. The molecule has 1 aliphatic rings. The molecule has 128 valence electrons. The molecule has 0 radical (unpaired) electrons. The number of rotatable bonds is 6. The molecule has 1 unspecified atom stereocenters. The van der Waals surface area contributed by atoms with Crippen molar-refractivity contribution < 1.29 is 9.18 Å². The molecule has 2 aromatic carbocycles. The van der Waals surface area contributed by atoms with Crippen molar-refractivity contribution in [3.63, 3.8) is 0 Å². The van der Waals surface area contributed by atoms with Gasteiger partial charge in [-0.1, -0.05) is 48.4 Å². The molecule has 0 aliphatic heterocycles. The minimum absolute atomic E-state index is 0.150. The summed E-state index contributed by atoms with van der Waals surface area (Å²) in [6.07, 6.45) is 7.46. The third-order valence-corrected chi connectivity index (χ3v) is 4.62. The Kier molecular flexibility index (Phi) is 5.47. The number of hydrogen-bond acceptors (Lipinski definition) is 2. The number of nitrogens with zero attached hydrogens (tertiary/aromatic N) is 1. The number of carbonyl (C=O) groups is 1. The molecule has 0 bridgehead atoms. The molecule has 0 fully saturated rings. The van der Waals surface area contributed by atoms with Crippen LogP contribution in [0.25, 0.3) is 0 Å². The summed E-state index contributed by atoms with van der Waals surface area (Å²) >= 11 is 0. The van der Waals surface area contributed by atoms with Gasteiger partial charge in [0.1, 0.15) is 5.82 Å². The quantitative estimate of drug-likeness (QED) is 0.822. The number of fused-ring (bicyclic) bond motifs is 1. The monoisotopic (exact) mass is 336 g/mol. The second-order valence-electron chi connectivity index (χ2n) is 6.23. The molecule has 25 heavy (non-hydrogen) atoms. The van der Waals surface area contributed by atoms with E-state index in [0.29, 0.717) is 12.1 Å². The first kappa shape index (κ1) is 17.2. The average Bonchev–Trinajstić information content (AvgIpc) is 3.05. The van der Waals surface area contributed by atoms with Crippen LogP contribution >= 0.6 is 0 Å². The predicted molar refractivity (Wildman–Crippen MR) is 96.2 cm³/mol. The van der Waals surface area contributed by atoms with Crippen molar-refractivity contribution >= 4 is 5.91 Å². The number of aryl methyl sites for hydroxylation is 1. The molecule has 0 aromatic heterocycles. The van der Waals surface area contributed by atoms with Gasteiger partial charge >= 0.3 is 0 Å². The lowest BCUT2D eigenvalue weighted by molar-refractivity contribution is -0.122. The van der Waals surface area contributed by atoms with E-state index in [1.165, 1.54) is 17.2 Å². The first-order valence-corrected chi connectivity index (χ1v) is 8.44. The molecule has 1 atom stereocenters. The summed E-state index contributed by atoms with van der Waals surface area (Å²) in [6, 6.07) is 14.9. The predicted octanol–water partition coefficient (Wildman–Crippen LogP) is 3.06. The molecule has 0 heterocycles. The molecule has 2 aromatic rings. The maximum absolute atomic E-state index is 13.6. The van der Waals surface area contributed by atoms with E-state index in [-0.39, 0.29) is 30.9 Å². The second-order valence-corrected chi connectivity index (χ2v) is 6.23. The van der Waals surface area contributed by atoms with Gasteiger partial charge in [0, 0.05) is 18.2 Å². The smallest absolute Gasteiger partial charge is 0.234 e. The number of halogens is 1. The normalized spacial score (nSPS) is 15.6. The van der Waals surface area contributed by atoms with Crippen LogP contribution in [0, 0.1) is 18.2 Å². The van der Waals surface area contributed by atoms with Crippen LogP contribution in [0.2, 0.25) is 0 Å². The van der Waals surface area contributed by atoms with Gasteiger partial charge in [-0.2, -0.15) is 0 Å². The SMILES string of the molecule is C#CCN(CC(=O)NCc1ccccc1F)C1CCc2ccccc21.